The molecule has 0 amide bonds. The number of nitrogens with zero attached hydrogens (tertiary/aromatic N) is 1. The number of hydrogen-bond acceptors (Lipinski definition) is 2. The molecule has 0 radical (unpaired) electrons. The summed E-state index contributed by atoms with van der Waals surface area (Å²) in [6.07, 6.45) is 3.72. The molecule has 1 heterocycles. The average Bonchev–Trinajstić information content (AvgIpc) is 2.57. The predicted octanol–water partition coefficient (Wildman–Crippen LogP) is 4.31. The Kier molecular flexibility index (Phi) is 4.05. The normalized spacial score (nSPS) is 10.4. The van der Waals surface area contributed by atoms with Gasteiger partial charge in [0.05, 0.1) is 0 Å². The quantitative estimate of drug-likeness (QED) is 0.670. The van der Waals surface area contributed by atoms with E-state index < -0.39 is 0 Å². The highest BCUT2D eigenvalue weighted by atomic mass is 19.1. The monoisotopic (exact) mass is 291 g/mol. The summed E-state index contributed by atoms with van der Waals surface area (Å²) in [7, 11) is 0. The summed E-state index contributed by atoms with van der Waals surface area (Å²) in [6, 6.07) is 17.4. The van der Waals surface area contributed by atoms with Gasteiger partial charge >= 0.3 is 0 Å². The molecule has 1 aromatic heterocycles. The fraction of sp³-hybridized carbons (Fsp3) is 0.0526. The first-order valence-electron chi connectivity index (χ1n) is 7.00. The Hall–Kier alpha value is -2.81. The molecule has 0 atom stereocenters. The minimum Gasteiger partial charge on any atom is -0.294 e. The van der Waals surface area contributed by atoms with Crippen LogP contribution in [0.1, 0.15) is 15.9 Å². The lowest BCUT2D eigenvalue weighted by atomic mass is 10.00. The van der Waals surface area contributed by atoms with Crippen LogP contribution in [-0.2, 0) is 6.42 Å². The third kappa shape index (κ3) is 3.26. The van der Waals surface area contributed by atoms with Crippen molar-refractivity contribution in [2.24, 2.45) is 0 Å². The molecule has 0 saturated carbocycles. The maximum absolute atomic E-state index is 12.9. The van der Waals surface area contributed by atoms with Gasteiger partial charge in [0, 0.05) is 24.4 Å². The van der Waals surface area contributed by atoms with E-state index >= 15 is 0 Å². The van der Waals surface area contributed by atoms with Crippen molar-refractivity contribution in [3.63, 3.8) is 0 Å². The Labute approximate surface area is 128 Å². The number of ketones is 1. The Bertz CT molecular complexity index is 765. The van der Waals surface area contributed by atoms with Crippen LogP contribution in [-0.4, -0.2) is 10.8 Å². The van der Waals surface area contributed by atoms with Gasteiger partial charge in [0.2, 0.25) is 0 Å². The molecule has 0 N–H and O–H groups in total. The van der Waals surface area contributed by atoms with Crippen LogP contribution in [0.5, 0.6) is 0 Å². The van der Waals surface area contributed by atoms with E-state index in [9.17, 15) is 9.18 Å². The molecule has 0 aliphatic rings. The zero-order chi connectivity index (χ0) is 15.4. The lowest BCUT2D eigenvalue weighted by molar-refractivity contribution is 0.0993. The van der Waals surface area contributed by atoms with Gasteiger partial charge in [-0.2, -0.15) is 0 Å². The van der Waals surface area contributed by atoms with Gasteiger partial charge in [0.15, 0.2) is 5.78 Å². The minimum absolute atomic E-state index is 0.0543. The second kappa shape index (κ2) is 6.31. The van der Waals surface area contributed by atoms with Crippen molar-refractivity contribution in [3.05, 3.63) is 90.0 Å². The summed E-state index contributed by atoms with van der Waals surface area (Å²) < 4.78 is 12.9. The van der Waals surface area contributed by atoms with E-state index in [2.05, 4.69) is 4.98 Å². The fourth-order valence-electron chi connectivity index (χ4n) is 2.28. The van der Waals surface area contributed by atoms with E-state index in [-0.39, 0.29) is 11.6 Å². The number of pyridine rings is 1. The smallest absolute Gasteiger partial charge is 0.167 e. The number of halogens is 1. The molecule has 0 aliphatic heterocycles. The average molecular weight is 291 g/mol. The largest absolute Gasteiger partial charge is 0.294 e. The highest BCUT2D eigenvalue weighted by Gasteiger charge is 2.07. The van der Waals surface area contributed by atoms with Crippen molar-refractivity contribution in [3.8, 4) is 11.1 Å². The van der Waals surface area contributed by atoms with E-state index in [1.165, 1.54) is 12.1 Å². The first-order chi connectivity index (χ1) is 10.7. The molecule has 0 saturated heterocycles. The summed E-state index contributed by atoms with van der Waals surface area (Å²) in [5.41, 5.74) is 3.44. The number of carbonyl (C=O) groups excluding carboxylic acids is 1. The molecule has 108 valence electrons. The van der Waals surface area contributed by atoms with Crippen LogP contribution in [0.4, 0.5) is 4.39 Å². The number of rotatable bonds is 4. The maximum atomic E-state index is 12.9. The second-order valence-electron chi connectivity index (χ2n) is 5.05. The molecule has 3 aromatic rings. The van der Waals surface area contributed by atoms with Crippen LogP contribution in [0, 0.1) is 5.82 Å². The van der Waals surface area contributed by atoms with E-state index in [4.69, 9.17) is 0 Å². The molecule has 0 bridgehead atoms. The molecule has 22 heavy (non-hydrogen) atoms. The van der Waals surface area contributed by atoms with Crippen molar-refractivity contribution in [1.82, 2.24) is 4.98 Å². The van der Waals surface area contributed by atoms with Gasteiger partial charge < -0.3 is 0 Å². The number of Topliss-reactive ketones (excluding diaryl/α,β-unsaturated/α-hetero) is 1. The highest BCUT2D eigenvalue weighted by Crippen LogP contribution is 2.20. The van der Waals surface area contributed by atoms with Crippen molar-refractivity contribution in [2.45, 2.75) is 6.42 Å². The standard InChI is InChI=1S/C19H14FNO/c20-18-9-7-16(8-10-18)15-3-5-17(6-4-15)19(22)12-14-2-1-11-21-13-14/h1-11,13H,12H2. The summed E-state index contributed by atoms with van der Waals surface area (Å²) in [5.74, 6) is -0.203. The topological polar surface area (TPSA) is 30.0 Å². The highest BCUT2D eigenvalue weighted by molar-refractivity contribution is 5.97. The Morgan fingerprint density at radius 1 is 0.909 bits per heavy atom. The third-order valence-corrected chi connectivity index (χ3v) is 3.47. The van der Waals surface area contributed by atoms with Crippen molar-refractivity contribution < 1.29 is 9.18 Å². The Morgan fingerprint density at radius 3 is 2.14 bits per heavy atom. The van der Waals surface area contributed by atoms with Gasteiger partial charge in [-0.1, -0.05) is 42.5 Å². The van der Waals surface area contributed by atoms with Crippen molar-refractivity contribution >= 4 is 5.78 Å². The second-order valence-corrected chi connectivity index (χ2v) is 5.05. The molecule has 0 fully saturated rings. The predicted molar refractivity (Wildman–Crippen MR) is 84.1 cm³/mol. The summed E-state index contributed by atoms with van der Waals surface area (Å²) in [5, 5.41) is 0. The molecule has 3 heteroatoms. The summed E-state index contributed by atoms with van der Waals surface area (Å²) >= 11 is 0. The van der Waals surface area contributed by atoms with Gasteiger partial charge in [-0.3, -0.25) is 9.78 Å². The van der Waals surface area contributed by atoms with Crippen LogP contribution >= 0.6 is 0 Å². The molecule has 2 aromatic carbocycles. The molecule has 3 rings (SSSR count). The zero-order valence-corrected chi connectivity index (χ0v) is 11.9. The molecule has 0 unspecified atom stereocenters. The molecule has 2 nitrogen and oxygen atoms in total. The Morgan fingerprint density at radius 2 is 1.55 bits per heavy atom. The first kappa shape index (κ1) is 14.1. The fourth-order valence-corrected chi connectivity index (χ4v) is 2.28. The van der Waals surface area contributed by atoms with Crippen LogP contribution in [0.25, 0.3) is 11.1 Å². The number of hydrogen-bond donors (Lipinski definition) is 0. The van der Waals surface area contributed by atoms with Crippen molar-refractivity contribution in [2.75, 3.05) is 0 Å². The van der Waals surface area contributed by atoms with Crippen LogP contribution in [0.3, 0.4) is 0 Å². The third-order valence-electron chi connectivity index (χ3n) is 3.47. The van der Waals surface area contributed by atoms with Gasteiger partial charge in [-0.25, -0.2) is 4.39 Å². The van der Waals surface area contributed by atoms with E-state index in [1.54, 1.807) is 36.7 Å². The van der Waals surface area contributed by atoms with Gasteiger partial charge in [-0.15, -0.1) is 0 Å². The summed E-state index contributed by atoms with van der Waals surface area (Å²) in [4.78, 5) is 16.2. The number of benzene rings is 2. The van der Waals surface area contributed by atoms with Crippen molar-refractivity contribution in [1.29, 1.82) is 0 Å². The zero-order valence-electron chi connectivity index (χ0n) is 11.9. The van der Waals surface area contributed by atoms with Crippen LogP contribution < -0.4 is 0 Å². The van der Waals surface area contributed by atoms with Crippen LogP contribution in [0.15, 0.2) is 73.1 Å². The Balaban J connectivity index is 1.76. The van der Waals surface area contributed by atoms with Gasteiger partial charge in [-0.05, 0) is 34.9 Å². The number of aromatic nitrogens is 1. The summed E-state index contributed by atoms with van der Waals surface area (Å²) in [6.45, 7) is 0. The molecule has 0 aliphatic carbocycles. The SMILES string of the molecule is O=C(Cc1cccnc1)c1ccc(-c2ccc(F)cc2)cc1. The lowest BCUT2D eigenvalue weighted by Gasteiger charge is -2.04. The number of carbonyl (C=O) groups is 1. The van der Waals surface area contributed by atoms with Gasteiger partial charge in [0.25, 0.3) is 0 Å². The maximum Gasteiger partial charge on any atom is 0.167 e. The first-order valence-corrected chi connectivity index (χ1v) is 7.00. The molecule has 0 spiro atoms. The van der Waals surface area contributed by atoms with E-state index in [0.717, 1.165) is 16.7 Å². The lowest BCUT2D eigenvalue weighted by Crippen LogP contribution is -2.03. The molecular formula is C19H14FNO. The van der Waals surface area contributed by atoms with E-state index in [0.29, 0.717) is 12.0 Å². The van der Waals surface area contributed by atoms with E-state index in [1.807, 2.05) is 24.3 Å². The molecular weight excluding hydrogens is 277 g/mol. The van der Waals surface area contributed by atoms with Gasteiger partial charge in [0.1, 0.15) is 5.82 Å². The minimum atomic E-state index is -0.257. The van der Waals surface area contributed by atoms with Crippen LogP contribution in [0.2, 0.25) is 0 Å².